The maximum Gasteiger partial charge on any atom is 0.224 e. The molecule has 2 heterocycles. The third-order valence-corrected chi connectivity index (χ3v) is 11.6. The van der Waals surface area contributed by atoms with E-state index >= 15 is 0 Å². The van der Waals surface area contributed by atoms with Gasteiger partial charge in [-0.05, 0) is 89.4 Å². The smallest absolute Gasteiger partial charge is 0.224 e. The van der Waals surface area contributed by atoms with Crippen LogP contribution in [0, 0.1) is 0 Å². The van der Waals surface area contributed by atoms with Crippen molar-refractivity contribution in [3.05, 3.63) is 154 Å². The summed E-state index contributed by atoms with van der Waals surface area (Å²) in [6.07, 6.45) is 2.89. The van der Waals surface area contributed by atoms with Gasteiger partial charge in [-0.15, -0.1) is 0 Å². The molecule has 2 aliphatic rings. The zero-order chi connectivity index (χ0) is 41.2. The Morgan fingerprint density at radius 3 is 2.19 bits per heavy atom. The summed E-state index contributed by atoms with van der Waals surface area (Å²) in [4.78, 5) is 27.3. The van der Waals surface area contributed by atoms with Gasteiger partial charge in [-0.25, -0.2) is 0 Å². The number of hydrogen-bond donors (Lipinski definition) is 5. The van der Waals surface area contributed by atoms with Gasteiger partial charge in [0.25, 0.3) is 0 Å². The Morgan fingerprint density at radius 2 is 1.47 bits per heavy atom. The quantitative estimate of drug-likeness (QED) is 0.0523. The normalized spacial score (nSPS) is 19.2. The van der Waals surface area contributed by atoms with Crippen molar-refractivity contribution < 1.29 is 29.3 Å². The summed E-state index contributed by atoms with van der Waals surface area (Å²) in [5.74, 6) is -0.175. The number of aliphatic hydroxyl groups excluding tert-OH is 1. The van der Waals surface area contributed by atoms with E-state index in [2.05, 4.69) is 39.8 Å². The summed E-state index contributed by atoms with van der Waals surface area (Å²) >= 11 is 6.11. The van der Waals surface area contributed by atoms with Crippen molar-refractivity contribution >= 4 is 34.8 Å². The van der Waals surface area contributed by atoms with Crippen LogP contribution in [-0.4, -0.2) is 52.7 Å². The fourth-order valence-electron chi connectivity index (χ4n) is 7.85. The van der Waals surface area contributed by atoms with Crippen molar-refractivity contribution in [2.45, 2.75) is 82.2 Å². The van der Waals surface area contributed by atoms with Crippen LogP contribution in [0.5, 0.6) is 0 Å². The average molecular weight is 817 g/mol. The van der Waals surface area contributed by atoms with Gasteiger partial charge in [0.2, 0.25) is 11.8 Å². The number of nitrogens with two attached hydrogens (primary N) is 1. The number of para-hydroxylation sites is 2. The molecule has 2 aliphatic heterocycles. The first-order chi connectivity index (χ1) is 28.6. The number of carbonyl (C=O) groups excluding carboxylic acids is 2. The highest BCUT2D eigenvalue weighted by molar-refractivity contribution is 6.30. The van der Waals surface area contributed by atoms with Gasteiger partial charge >= 0.3 is 0 Å². The number of unbranched alkanes of at least 4 members (excludes halogenated alkanes) is 1. The summed E-state index contributed by atoms with van der Waals surface area (Å²) in [5, 5.41) is 27.6. The molecule has 5 aromatic carbocycles. The number of piperidine rings is 1. The fraction of sp³-hybridized carbons (Fsp3) is 0.333. The molecule has 2 fully saturated rings. The lowest BCUT2D eigenvalue weighted by Crippen LogP contribution is -2.46. The third-order valence-electron chi connectivity index (χ3n) is 11.4. The molecule has 2 amide bonds. The summed E-state index contributed by atoms with van der Waals surface area (Å²) in [7, 11) is 0. The van der Waals surface area contributed by atoms with Crippen LogP contribution in [-0.2, 0) is 37.8 Å². The number of aliphatic hydroxyl groups is 2. The summed E-state index contributed by atoms with van der Waals surface area (Å²) in [5.41, 5.74) is 12.9. The first-order valence-electron chi connectivity index (χ1n) is 20.5. The molecule has 0 bridgehead atoms. The molecule has 308 valence electrons. The van der Waals surface area contributed by atoms with Crippen LogP contribution >= 0.6 is 11.6 Å². The monoisotopic (exact) mass is 816 g/mol. The molecule has 11 heteroatoms. The minimum absolute atomic E-state index is 0.0169. The highest BCUT2D eigenvalue weighted by atomic mass is 35.5. The Bertz CT molecular complexity index is 2160. The van der Waals surface area contributed by atoms with Gasteiger partial charge in [0.1, 0.15) is 0 Å². The maximum atomic E-state index is 12.6. The van der Waals surface area contributed by atoms with E-state index < -0.39 is 11.9 Å². The standard InChI is InChI=1S/C48H53ClN4O6/c49-40-22-20-39(21-23-40)48(57)24-26-53(27-25-48)31-41-29-44(36-14-12-33(32-54)13-15-36)59-47(58-41)37-18-16-35(17-19-37)38-7-5-6-34(28-38)30-51-45(55)10-3-4-11-46(56)52-43-9-2-1-8-42(43)50/h1-2,5-9,12-23,28,41,44,47,54,57H,3-4,10-11,24-27,29-32,50H2,(H,51,55)(H,52,56). The molecule has 6 N–H and O–H groups in total. The van der Waals surface area contributed by atoms with E-state index in [1.54, 1.807) is 12.1 Å². The number of rotatable bonds is 15. The second kappa shape index (κ2) is 19.8. The van der Waals surface area contributed by atoms with Crippen LogP contribution in [0.25, 0.3) is 11.1 Å². The third kappa shape index (κ3) is 11.4. The highest BCUT2D eigenvalue weighted by Gasteiger charge is 2.37. The molecule has 7 rings (SSSR count). The van der Waals surface area contributed by atoms with Crippen LogP contribution in [0.3, 0.4) is 0 Å². The van der Waals surface area contributed by atoms with E-state index in [1.165, 1.54) is 0 Å². The first-order valence-corrected chi connectivity index (χ1v) is 20.8. The van der Waals surface area contributed by atoms with Gasteiger partial charge in [0.05, 0.1) is 35.8 Å². The van der Waals surface area contributed by atoms with E-state index in [0.717, 1.165) is 52.0 Å². The van der Waals surface area contributed by atoms with E-state index in [-0.39, 0.29) is 30.6 Å². The van der Waals surface area contributed by atoms with Gasteiger partial charge in [0, 0.05) is 56.0 Å². The van der Waals surface area contributed by atoms with Gasteiger partial charge in [-0.3, -0.25) is 9.59 Å². The second-order valence-electron chi connectivity index (χ2n) is 15.6. The van der Waals surface area contributed by atoms with Gasteiger partial charge in [0.15, 0.2) is 6.29 Å². The molecule has 0 aliphatic carbocycles. The van der Waals surface area contributed by atoms with E-state index in [0.29, 0.717) is 74.4 Å². The van der Waals surface area contributed by atoms with Crippen LogP contribution < -0.4 is 16.4 Å². The van der Waals surface area contributed by atoms with Gasteiger partial charge in [-0.2, -0.15) is 0 Å². The SMILES string of the molecule is Nc1ccccc1NC(=O)CCCCC(=O)NCc1cccc(-c2ccc(C3OC(CN4CCC(O)(c5ccc(Cl)cc5)CC4)CC(c4ccc(CO)cc4)O3)cc2)c1. The minimum Gasteiger partial charge on any atom is -0.397 e. The molecule has 59 heavy (non-hydrogen) atoms. The van der Waals surface area contributed by atoms with Crippen LogP contribution in [0.15, 0.2) is 121 Å². The number of nitrogens with zero attached hydrogens (tertiary/aromatic N) is 1. The number of hydrogen-bond acceptors (Lipinski definition) is 8. The first kappa shape index (κ1) is 42.1. The molecule has 2 saturated heterocycles. The van der Waals surface area contributed by atoms with Crippen molar-refractivity contribution in [1.82, 2.24) is 10.2 Å². The van der Waals surface area contributed by atoms with E-state index in [4.69, 9.17) is 26.8 Å². The molecule has 5 aromatic rings. The van der Waals surface area contributed by atoms with Crippen molar-refractivity contribution in [2.24, 2.45) is 0 Å². The number of nitrogens with one attached hydrogen (secondary N) is 2. The van der Waals surface area contributed by atoms with Crippen LogP contribution in [0.2, 0.25) is 5.02 Å². The predicted molar refractivity (Wildman–Crippen MR) is 231 cm³/mol. The number of anilines is 2. The number of nitrogen functional groups attached to an aromatic ring is 1. The Kier molecular flexibility index (Phi) is 14.1. The van der Waals surface area contributed by atoms with Crippen molar-refractivity contribution in [1.29, 1.82) is 0 Å². The van der Waals surface area contributed by atoms with Gasteiger partial charge in [-0.1, -0.05) is 103 Å². The van der Waals surface area contributed by atoms with Crippen molar-refractivity contribution in [2.75, 3.05) is 30.7 Å². The lowest BCUT2D eigenvalue weighted by atomic mass is 9.84. The molecular formula is C48H53ClN4O6. The number of halogens is 1. The predicted octanol–water partition coefficient (Wildman–Crippen LogP) is 8.43. The Hall–Kier alpha value is -5.07. The zero-order valence-electron chi connectivity index (χ0n) is 33.2. The van der Waals surface area contributed by atoms with E-state index in [9.17, 15) is 19.8 Å². The van der Waals surface area contributed by atoms with Crippen molar-refractivity contribution in [3.8, 4) is 11.1 Å². The summed E-state index contributed by atoms with van der Waals surface area (Å²) in [6, 6.07) is 38.9. The van der Waals surface area contributed by atoms with E-state index in [1.807, 2.05) is 84.9 Å². The molecule has 0 spiro atoms. The maximum absolute atomic E-state index is 12.6. The number of amides is 2. The number of benzene rings is 5. The molecule has 3 unspecified atom stereocenters. The molecule has 10 nitrogen and oxygen atoms in total. The molecular weight excluding hydrogens is 764 g/mol. The lowest BCUT2D eigenvalue weighted by molar-refractivity contribution is -0.253. The molecule has 3 atom stereocenters. The molecule has 0 radical (unpaired) electrons. The Labute approximate surface area is 351 Å². The van der Waals surface area contributed by atoms with Crippen LogP contribution in [0.1, 0.15) is 85.2 Å². The Morgan fingerprint density at radius 1 is 0.780 bits per heavy atom. The van der Waals surface area contributed by atoms with Crippen molar-refractivity contribution in [3.63, 3.8) is 0 Å². The average Bonchev–Trinajstić information content (AvgIpc) is 3.26. The topological polar surface area (TPSA) is 146 Å². The number of carbonyl (C=O) groups is 2. The summed E-state index contributed by atoms with van der Waals surface area (Å²) < 4.78 is 13.3. The number of likely N-dealkylation sites (tertiary alicyclic amines) is 1. The van der Waals surface area contributed by atoms with Crippen LogP contribution in [0.4, 0.5) is 11.4 Å². The Balaban J connectivity index is 0.934. The van der Waals surface area contributed by atoms with Gasteiger partial charge < -0.3 is 41.0 Å². The number of ether oxygens (including phenoxy) is 2. The molecule has 0 saturated carbocycles. The highest BCUT2D eigenvalue weighted by Crippen LogP contribution is 2.40. The second-order valence-corrected chi connectivity index (χ2v) is 16.1. The molecule has 0 aromatic heterocycles. The zero-order valence-corrected chi connectivity index (χ0v) is 34.0. The fourth-order valence-corrected chi connectivity index (χ4v) is 7.98. The largest absolute Gasteiger partial charge is 0.397 e. The summed E-state index contributed by atoms with van der Waals surface area (Å²) in [6.45, 7) is 2.58. The minimum atomic E-state index is -0.881. The lowest BCUT2D eigenvalue weighted by Gasteiger charge is -2.42.